The summed E-state index contributed by atoms with van der Waals surface area (Å²) in [6.45, 7) is 2.18. The summed E-state index contributed by atoms with van der Waals surface area (Å²) in [5.41, 5.74) is 2.38. The Morgan fingerprint density at radius 1 is 1.07 bits per heavy atom. The summed E-state index contributed by atoms with van der Waals surface area (Å²) in [5, 5.41) is 1.05. The Bertz CT molecular complexity index is 1210. The molecule has 28 heavy (non-hydrogen) atoms. The highest BCUT2D eigenvalue weighted by molar-refractivity contribution is 9.10. The van der Waals surface area contributed by atoms with Crippen LogP contribution in [0.1, 0.15) is 29.3 Å². The minimum Gasteiger partial charge on any atom is -0.464 e. The van der Waals surface area contributed by atoms with Gasteiger partial charge in [0.25, 0.3) is 0 Å². The molecule has 1 unspecified atom stereocenters. The summed E-state index contributed by atoms with van der Waals surface area (Å²) < 4.78 is 25.1. The summed E-state index contributed by atoms with van der Waals surface area (Å²) in [5.74, 6) is 0.278. The van der Waals surface area contributed by atoms with Crippen LogP contribution in [0.15, 0.2) is 57.5 Å². The monoisotopic (exact) mass is 519 g/mol. The largest absolute Gasteiger partial charge is 0.464 e. The number of benzene rings is 2. The lowest BCUT2D eigenvalue weighted by molar-refractivity contribution is 0.176. The topological polar surface area (TPSA) is 14.2 Å². The van der Waals surface area contributed by atoms with Crippen molar-refractivity contribution in [3.8, 4) is 17.0 Å². The number of rotatable bonds is 3. The molecule has 0 bridgehead atoms. The van der Waals surface area contributed by atoms with Crippen LogP contribution in [0.3, 0.4) is 0 Å². The predicted octanol–water partition coefficient (Wildman–Crippen LogP) is 7.93. The van der Waals surface area contributed by atoms with Gasteiger partial charge in [-0.05, 0) is 55.0 Å². The van der Waals surface area contributed by atoms with Gasteiger partial charge in [-0.25, -0.2) is 4.39 Å². The van der Waals surface area contributed by atoms with Crippen LogP contribution in [0.5, 0.6) is 5.75 Å². The van der Waals surface area contributed by atoms with E-state index < -0.39 is 0 Å². The molecule has 3 heterocycles. The number of aromatic nitrogens is 1. The van der Waals surface area contributed by atoms with Crippen molar-refractivity contribution in [2.24, 2.45) is 0 Å². The maximum Gasteiger partial charge on any atom is 0.212 e. The number of halogens is 3. The molecule has 1 atom stereocenters. The summed E-state index contributed by atoms with van der Waals surface area (Å²) in [4.78, 5) is 2.46. The number of fused-ring (bicyclic) bond motifs is 5. The molecule has 0 saturated carbocycles. The van der Waals surface area contributed by atoms with Crippen LogP contribution < -0.4 is 4.74 Å². The van der Waals surface area contributed by atoms with Gasteiger partial charge in [-0.1, -0.05) is 45.2 Å². The van der Waals surface area contributed by atoms with Gasteiger partial charge in [-0.3, -0.25) is 4.57 Å². The number of ether oxygens (including phenoxy) is 1. The Hall–Kier alpha value is -1.63. The first-order chi connectivity index (χ1) is 13.5. The second-order valence-electron chi connectivity index (χ2n) is 6.89. The van der Waals surface area contributed by atoms with E-state index in [1.165, 1.54) is 10.9 Å². The number of aryl methyl sites for hydroxylation is 1. The van der Waals surface area contributed by atoms with Crippen LogP contribution >= 0.6 is 43.2 Å². The molecular weight excluding hydrogens is 505 g/mol. The molecule has 0 spiro atoms. The van der Waals surface area contributed by atoms with Crippen LogP contribution in [0.2, 0.25) is 0 Å². The minimum absolute atomic E-state index is 0.288. The first-order valence-corrected chi connectivity index (χ1v) is 11.5. The van der Waals surface area contributed by atoms with Gasteiger partial charge in [0.1, 0.15) is 11.6 Å². The highest BCUT2D eigenvalue weighted by Gasteiger charge is 2.32. The third kappa shape index (κ3) is 2.93. The predicted molar refractivity (Wildman–Crippen MR) is 120 cm³/mol. The standard InChI is InChI=1S/C22H16Br2FNOS/c1-2-3-15-5-7-20(28-15)22-26-17-6-4-13(23)8-12(17)9-18(26)21-16(25)10-14(24)11-19(21)27-22/h4-11,22H,2-3H2,1H3. The Balaban J connectivity index is 1.78. The fraction of sp³-hybridized carbons (Fsp3) is 0.182. The third-order valence-corrected chi connectivity index (χ3v) is 7.10. The average molecular weight is 521 g/mol. The van der Waals surface area contributed by atoms with Crippen molar-refractivity contribution in [2.75, 3.05) is 0 Å². The molecule has 6 heteroatoms. The van der Waals surface area contributed by atoms with E-state index in [1.807, 2.05) is 18.2 Å². The van der Waals surface area contributed by atoms with Crippen LogP contribution in [0, 0.1) is 5.82 Å². The number of thiophene rings is 1. The molecule has 1 aliphatic rings. The molecule has 0 aliphatic carbocycles. The van der Waals surface area contributed by atoms with E-state index in [-0.39, 0.29) is 12.0 Å². The Kier molecular flexibility index (Phi) is 4.61. The van der Waals surface area contributed by atoms with Gasteiger partial charge in [0.15, 0.2) is 0 Å². The summed E-state index contributed by atoms with van der Waals surface area (Å²) in [7, 11) is 0. The summed E-state index contributed by atoms with van der Waals surface area (Å²) >= 11 is 8.70. The first kappa shape index (κ1) is 18.4. The van der Waals surface area contributed by atoms with Gasteiger partial charge < -0.3 is 4.74 Å². The van der Waals surface area contributed by atoms with Crippen molar-refractivity contribution < 1.29 is 9.13 Å². The van der Waals surface area contributed by atoms with E-state index in [9.17, 15) is 4.39 Å². The number of hydrogen-bond acceptors (Lipinski definition) is 2. The number of hydrogen-bond donors (Lipinski definition) is 0. The van der Waals surface area contributed by atoms with Gasteiger partial charge in [-0.15, -0.1) is 11.3 Å². The van der Waals surface area contributed by atoms with Gasteiger partial charge in [-0.2, -0.15) is 0 Å². The van der Waals surface area contributed by atoms with Crippen molar-refractivity contribution in [1.82, 2.24) is 4.57 Å². The lowest BCUT2D eigenvalue weighted by Gasteiger charge is -2.29. The number of nitrogens with zero attached hydrogens (tertiary/aromatic N) is 1. The average Bonchev–Trinajstić information content (AvgIpc) is 3.24. The second-order valence-corrected chi connectivity index (χ2v) is 9.92. The lowest BCUT2D eigenvalue weighted by atomic mass is 10.1. The van der Waals surface area contributed by atoms with Crippen LogP contribution in [-0.4, -0.2) is 4.57 Å². The minimum atomic E-state index is -0.314. The van der Waals surface area contributed by atoms with Crippen molar-refractivity contribution in [2.45, 2.75) is 26.0 Å². The van der Waals surface area contributed by atoms with Crippen molar-refractivity contribution in [1.29, 1.82) is 0 Å². The van der Waals surface area contributed by atoms with Crippen molar-refractivity contribution >= 4 is 54.1 Å². The van der Waals surface area contributed by atoms with E-state index in [0.717, 1.165) is 38.8 Å². The van der Waals surface area contributed by atoms with E-state index in [1.54, 1.807) is 11.3 Å². The van der Waals surface area contributed by atoms with Gasteiger partial charge in [0.05, 0.1) is 21.7 Å². The fourth-order valence-corrected chi connectivity index (χ4v) is 5.73. The van der Waals surface area contributed by atoms with E-state index in [2.05, 4.69) is 67.6 Å². The van der Waals surface area contributed by atoms with Crippen LogP contribution in [-0.2, 0) is 6.42 Å². The van der Waals surface area contributed by atoms with E-state index in [0.29, 0.717) is 15.8 Å². The zero-order chi connectivity index (χ0) is 19.4. The molecular formula is C22H16Br2FNOS. The molecule has 0 N–H and O–H groups in total. The molecule has 0 amide bonds. The van der Waals surface area contributed by atoms with E-state index >= 15 is 0 Å². The molecule has 142 valence electrons. The van der Waals surface area contributed by atoms with Gasteiger partial charge in [0, 0.05) is 19.2 Å². The molecule has 1 aliphatic heterocycles. The second kappa shape index (κ2) is 7.01. The fourth-order valence-electron chi connectivity index (χ4n) is 3.81. The Morgan fingerprint density at radius 3 is 2.75 bits per heavy atom. The zero-order valence-electron chi connectivity index (χ0n) is 15.0. The lowest BCUT2D eigenvalue weighted by Crippen LogP contribution is -2.21. The molecule has 4 aromatic rings. The van der Waals surface area contributed by atoms with Crippen LogP contribution in [0.4, 0.5) is 4.39 Å². The smallest absolute Gasteiger partial charge is 0.212 e. The van der Waals surface area contributed by atoms with Crippen molar-refractivity contribution in [3.63, 3.8) is 0 Å². The molecule has 0 radical (unpaired) electrons. The zero-order valence-corrected chi connectivity index (χ0v) is 19.0. The molecule has 5 rings (SSSR count). The molecule has 2 aromatic heterocycles. The molecule has 0 fully saturated rings. The maximum atomic E-state index is 14.9. The van der Waals surface area contributed by atoms with E-state index in [4.69, 9.17) is 4.74 Å². The summed E-state index contributed by atoms with van der Waals surface area (Å²) in [6, 6.07) is 15.8. The van der Waals surface area contributed by atoms with Crippen molar-refractivity contribution in [3.05, 3.63) is 73.0 Å². The molecule has 2 nitrogen and oxygen atoms in total. The Labute approximate surface area is 183 Å². The van der Waals surface area contributed by atoms with Gasteiger partial charge in [0.2, 0.25) is 6.23 Å². The Morgan fingerprint density at radius 2 is 1.93 bits per heavy atom. The van der Waals surface area contributed by atoms with Crippen LogP contribution in [0.25, 0.3) is 22.2 Å². The normalized spacial score (nSPS) is 15.4. The SMILES string of the molecule is CCCc1ccc(C2Oc3cc(Br)cc(F)c3-c3cc4cc(Br)ccc4n32)s1. The highest BCUT2D eigenvalue weighted by atomic mass is 79.9. The first-order valence-electron chi connectivity index (χ1n) is 9.10. The quantitative estimate of drug-likeness (QED) is 0.267. The third-order valence-electron chi connectivity index (χ3n) is 4.97. The summed E-state index contributed by atoms with van der Waals surface area (Å²) in [6.07, 6.45) is 1.85. The maximum absolute atomic E-state index is 14.9. The highest BCUT2D eigenvalue weighted by Crippen LogP contribution is 2.47. The molecule has 2 aromatic carbocycles. The molecule has 0 saturated heterocycles. The van der Waals surface area contributed by atoms with Gasteiger partial charge >= 0.3 is 0 Å².